The van der Waals surface area contributed by atoms with E-state index in [1.807, 2.05) is 0 Å². The summed E-state index contributed by atoms with van der Waals surface area (Å²) in [6, 6.07) is 4.61. The minimum Gasteiger partial charge on any atom is -0.301 e. The Morgan fingerprint density at radius 1 is 1.17 bits per heavy atom. The molecule has 1 spiro atoms. The zero-order chi connectivity index (χ0) is 21.0. The smallest absolute Gasteiger partial charge is 0.301 e. The Labute approximate surface area is 167 Å². The number of alkyl halides is 3. The number of aromatic nitrogens is 2. The van der Waals surface area contributed by atoms with Gasteiger partial charge < -0.3 is 4.90 Å². The molecule has 3 heterocycles. The van der Waals surface area contributed by atoms with Crippen molar-refractivity contribution in [2.45, 2.75) is 31.0 Å². The lowest BCUT2D eigenvalue weighted by Gasteiger charge is -2.42. The molecule has 1 saturated heterocycles. The molecule has 1 aliphatic carbocycles. The summed E-state index contributed by atoms with van der Waals surface area (Å²) in [6.45, 7) is 0. The van der Waals surface area contributed by atoms with Gasteiger partial charge in [0.1, 0.15) is 11.6 Å². The van der Waals surface area contributed by atoms with Crippen LogP contribution in [0, 0.1) is 17.3 Å². The number of nitriles is 1. The van der Waals surface area contributed by atoms with Gasteiger partial charge in [-0.25, -0.2) is 9.97 Å². The van der Waals surface area contributed by atoms with Crippen LogP contribution in [0.25, 0.3) is 0 Å². The Balaban J connectivity index is 1.82. The van der Waals surface area contributed by atoms with E-state index < -0.39 is 34.8 Å². The van der Waals surface area contributed by atoms with Crippen molar-refractivity contribution in [3.63, 3.8) is 0 Å². The van der Waals surface area contributed by atoms with Crippen molar-refractivity contribution < 1.29 is 22.4 Å². The molecule has 1 amide bonds. The van der Waals surface area contributed by atoms with E-state index in [0.29, 0.717) is 24.6 Å². The molecule has 0 N–H and O–H groups in total. The second kappa shape index (κ2) is 6.45. The highest BCUT2D eigenvalue weighted by atomic mass is 32.1. The third-order valence-corrected chi connectivity index (χ3v) is 5.47. The fraction of sp³-hybridized carbons (Fsp3) is 0.278. The van der Waals surface area contributed by atoms with Crippen LogP contribution in [0.1, 0.15) is 30.5 Å². The van der Waals surface area contributed by atoms with Crippen LogP contribution in [0.3, 0.4) is 0 Å². The topological polar surface area (TPSA) is 73.1 Å². The number of anilines is 2. The average Bonchev–Trinajstić information content (AvgIpc) is 2.88. The van der Waals surface area contributed by atoms with Gasteiger partial charge in [0.2, 0.25) is 5.95 Å². The Morgan fingerprint density at radius 3 is 2.38 bits per heavy atom. The maximum atomic E-state index is 13.3. The summed E-state index contributed by atoms with van der Waals surface area (Å²) < 4.78 is 53.2. The van der Waals surface area contributed by atoms with E-state index in [9.17, 15) is 22.4 Å². The second-order valence-electron chi connectivity index (χ2n) is 6.68. The van der Waals surface area contributed by atoms with Gasteiger partial charge in [-0.1, -0.05) is 0 Å². The number of carbonyl (C=O) groups is 1. The van der Waals surface area contributed by atoms with Crippen LogP contribution in [-0.4, -0.2) is 26.5 Å². The van der Waals surface area contributed by atoms with Crippen molar-refractivity contribution in [1.29, 1.82) is 5.26 Å². The second-order valence-corrected chi connectivity index (χ2v) is 7.05. The van der Waals surface area contributed by atoms with E-state index in [1.54, 1.807) is 0 Å². The highest BCUT2D eigenvalue weighted by Gasteiger charge is 2.59. The largest absolute Gasteiger partial charge is 0.419 e. The summed E-state index contributed by atoms with van der Waals surface area (Å²) in [6.07, 6.45) is -0.987. The number of hydrogen-bond acceptors (Lipinski definition) is 5. The lowest BCUT2D eigenvalue weighted by molar-refractivity contribution is -0.138. The summed E-state index contributed by atoms with van der Waals surface area (Å²) in [4.78, 5) is 22.9. The number of rotatable bonds is 2. The number of pyridine rings is 2. The summed E-state index contributed by atoms with van der Waals surface area (Å²) in [5, 5.41) is 8.87. The van der Waals surface area contributed by atoms with Crippen LogP contribution in [0.5, 0.6) is 0 Å². The minimum atomic E-state index is -4.83. The first-order valence-corrected chi connectivity index (χ1v) is 8.87. The highest BCUT2D eigenvalue weighted by molar-refractivity contribution is 7.81. The molecule has 0 aromatic carbocycles. The van der Waals surface area contributed by atoms with Gasteiger partial charge >= 0.3 is 6.18 Å². The molecule has 6 nitrogen and oxygen atoms in total. The summed E-state index contributed by atoms with van der Waals surface area (Å²) in [5.74, 6) is -1.20. The number of nitrogens with zero attached hydrogens (tertiary/aromatic N) is 5. The van der Waals surface area contributed by atoms with Gasteiger partial charge in [0, 0.05) is 0 Å². The van der Waals surface area contributed by atoms with E-state index in [2.05, 4.69) is 9.97 Å². The predicted octanol–water partition coefficient (Wildman–Crippen LogP) is 3.57. The quantitative estimate of drug-likeness (QED) is 0.419. The van der Waals surface area contributed by atoms with Gasteiger partial charge in [-0.2, -0.15) is 22.8 Å². The molecule has 148 valence electrons. The van der Waals surface area contributed by atoms with Crippen LogP contribution >= 0.6 is 12.2 Å². The Kier molecular flexibility index (Phi) is 4.27. The van der Waals surface area contributed by atoms with Crippen LogP contribution in [-0.2, 0) is 11.0 Å². The van der Waals surface area contributed by atoms with Gasteiger partial charge in [-0.15, -0.1) is 0 Å². The molecule has 29 heavy (non-hydrogen) atoms. The Hall–Kier alpha value is -3.13. The summed E-state index contributed by atoms with van der Waals surface area (Å²) in [5.41, 5.74) is -2.92. The number of thiocarbonyl (C=S) groups is 1. The molecule has 4 rings (SSSR count). The molecule has 2 aromatic heterocycles. The molecular formula is C18H11F4N5OS. The minimum absolute atomic E-state index is 0.0530. The molecule has 1 aliphatic heterocycles. The summed E-state index contributed by atoms with van der Waals surface area (Å²) in [7, 11) is 0. The van der Waals surface area contributed by atoms with Crippen molar-refractivity contribution in [3.05, 3.63) is 47.8 Å². The third kappa shape index (κ3) is 2.82. The fourth-order valence-electron chi connectivity index (χ4n) is 3.59. The van der Waals surface area contributed by atoms with Crippen molar-refractivity contribution >= 4 is 34.6 Å². The molecule has 2 aliphatic rings. The fourth-order valence-corrected chi connectivity index (χ4v) is 4.06. The third-order valence-electron chi connectivity index (χ3n) is 5.11. The van der Waals surface area contributed by atoms with Gasteiger partial charge in [0.25, 0.3) is 5.91 Å². The molecule has 0 unspecified atom stereocenters. The number of amides is 1. The van der Waals surface area contributed by atoms with E-state index in [0.717, 1.165) is 23.6 Å². The average molecular weight is 421 g/mol. The van der Waals surface area contributed by atoms with Gasteiger partial charge in [-0.05, 0) is 49.7 Å². The lowest BCUT2D eigenvalue weighted by Crippen LogP contribution is -2.55. The van der Waals surface area contributed by atoms with E-state index in [1.165, 1.54) is 23.2 Å². The number of carbonyl (C=O) groups excluding carboxylic acids is 1. The zero-order valence-electron chi connectivity index (χ0n) is 14.6. The van der Waals surface area contributed by atoms with Crippen molar-refractivity contribution in [3.8, 4) is 6.07 Å². The SMILES string of the molecule is N#Cc1ncc(N2C(=O)C3(CCC3)N(c3ccc(F)nc3)C2=S)cc1C(F)(F)F. The van der Waals surface area contributed by atoms with Crippen LogP contribution in [0.15, 0.2) is 30.6 Å². The molecular weight excluding hydrogens is 410 g/mol. The highest BCUT2D eigenvalue weighted by Crippen LogP contribution is 2.48. The van der Waals surface area contributed by atoms with Gasteiger partial charge in [0.15, 0.2) is 10.8 Å². The molecule has 1 saturated carbocycles. The molecule has 0 radical (unpaired) electrons. The molecule has 0 bridgehead atoms. The van der Waals surface area contributed by atoms with Crippen molar-refractivity contribution in [1.82, 2.24) is 9.97 Å². The molecule has 2 aromatic rings. The maximum Gasteiger partial charge on any atom is 0.419 e. The van der Waals surface area contributed by atoms with Gasteiger partial charge in [0.05, 0.1) is 29.3 Å². The van der Waals surface area contributed by atoms with Crippen LogP contribution in [0.4, 0.5) is 28.9 Å². The lowest BCUT2D eigenvalue weighted by atomic mass is 9.75. The first kappa shape index (κ1) is 19.2. The Bertz CT molecular complexity index is 1060. The van der Waals surface area contributed by atoms with Crippen molar-refractivity contribution in [2.75, 3.05) is 9.80 Å². The first-order chi connectivity index (χ1) is 13.7. The maximum absolute atomic E-state index is 13.3. The van der Waals surface area contributed by atoms with Gasteiger partial charge in [-0.3, -0.25) is 9.69 Å². The predicted molar refractivity (Wildman–Crippen MR) is 97.3 cm³/mol. The molecule has 11 heteroatoms. The van der Waals surface area contributed by atoms with E-state index >= 15 is 0 Å². The standard InChI is InChI=1S/C18H11F4N5OS/c19-14-3-2-10(8-25-14)27-16(29)26(15(28)17(27)4-1-5-17)11-6-12(18(20,21)22)13(7-23)24-9-11/h2-3,6,8-9H,1,4-5H2. The monoisotopic (exact) mass is 421 g/mol. The molecule has 0 atom stereocenters. The Morgan fingerprint density at radius 2 is 1.86 bits per heavy atom. The van der Waals surface area contributed by atoms with E-state index in [4.69, 9.17) is 17.5 Å². The normalized spacial score (nSPS) is 18.2. The number of halogens is 4. The summed E-state index contributed by atoms with van der Waals surface area (Å²) >= 11 is 5.42. The molecule has 2 fully saturated rings. The van der Waals surface area contributed by atoms with Crippen molar-refractivity contribution in [2.24, 2.45) is 0 Å². The first-order valence-electron chi connectivity index (χ1n) is 8.47. The van der Waals surface area contributed by atoms with Crippen LogP contribution < -0.4 is 9.80 Å². The van der Waals surface area contributed by atoms with E-state index in [-0.39, 0.29) is 10.8 Å². The van der Waals surface area contributed by atoms with Crippen LogP contribution in [0.2, 0.25) is 0 Å². The number of hydrogen-bond donors (Lipinski definition) is 0. The zero-order valence-corrected chi connectivity index (χ0v) is 15.4.